The van der Waals surface area contributed by atoms with Gasteiger partial charge in [0.25, 0.3) is 5.69 Å². The van der Waals surface area contributed by atoms with Gasteiger partial charge in [-0.1, -0.05) is 44.9 Å². The summed E-state index contributed by atoms with van der Waals surface area (Å²) in [6.45, 7) is 8.87. The molecule has 0 bridgehead atoms. The van der Waals surface area contributed by atoms with Crippen molar-refractivity contribution in [3.63, 3.8) is 0 Å². The Morgan fingerprint density at radius 3 is 2.65 bits per heavy atom. The van der Waals surface area contributed by atoms with Crippen molar-refractivity contribution in [1.82, 2.24) is 4.57 Å². The molecule has 3 unspecified atom stereocenters. The van der Waals surface area contributed by atoms with Crippen molar-refractivity contribution in [1.29, 1.82) is 0 Å². The predicted molar refractivity (Wildman–Crippen MR) is 127 cm³/mol. The first kappa shape index (κ1) is 21.5. The second kappa shape index (κ2) is 8.79. The van der Waals surface area contributed by atoms with E-state index in [9.17, 15) is 10.1 Å². The standard InChI is InChI=1S/C25H29N3O2S/c1-16-11-12-21(13-18(16)3)26-25-27(23-10-5-7-17(2)19(23)4)24(15-31-25)20-8-6-9-22(14-20)28(29)30/h6,8-9,11-15,17,19,23H,5,7,10H2,1-4H3. The number of benzene rings is 2. The average Bonchev–Trinajstić information content (AvgIpc) is 3.16. The van der Waals surface area contributed by atoms with Crippen molar-refractivity contribution in [2.75, 3.05) is 0 Å². The molecule has 0 amide bonds. The molecule has 1 saturated carbocycles. The molecule has 31 heavy (non-hydrogen) atoms. The predicted octanol–water partition coefficient (Wildman–Crippen LogP) is 6.97. The van der Waals surface area contributed by atoms with Gasteiger partial charge in [0.15, 0.2) is 4.80 Å². The van der Waals surface area contributed by atoms with E-state index in [2.05, 4.69) is 55.8 Å². The Labute approximate surface area is 187 Å². The monoisotopic (exact) mass is 435 g/mol. The van der Waals surface area contributed by atoms with E-state index in [1.165, 1.54) is 24.0 Å². The van der Waals surface area contributed by atoms with Gasteiger partial charge in [-0.3, -0.25) is 10.1 Å². The molecular formula is C25H29N3O2S. The number of nitro groups is 1. The highest BCUT2D eigenvalue weighted by Crippen LogP contribution is 2.40. The fourth-order valence-electron chi connectivity index (χ4n) is 4.54. The van der Waals surface area contributed by atoms with E-state index >= 15 is 0 Å². The number of hydrogen-bond acceptors (Lipinski definition) is 4. The van der Waals surface area contributed by atoms with Gasteiger partial charge < -0.3 is 4.57 Å². The highest BCUT2D eigenvalue weighted by molar-refractivity contribution is 7.07. The lowest BCUT2D eigenvalue weighted by Gasteiger charge is -2.36. The highest BCUT2D eigenvalue weighted by atomic mass is 32.1. The molecule has 0 aliphatic heterocycles. The number of thiazole rings is 1. The van der Waals surface area contributed by atoms with Crippen molar-refractivity contribution >= 4 is 22.7 Å². The molecule has 0 radical (unpaired) electrons. The summed E-state index contributed by atoms with van der Waals surface area (Å²) < 4.78 is 2.35. The third-order valence-electron chi connectivity index (χ3n) is 6.81. The maximum Gasteiger partial charge on any atom is 0.270 e. The van der Waals surface area contributed by atoms with Crippen LogP contribution in [0.15, 0.2) is 52.8 Å². The largest absolute Gasteiger partial charge is 0.313 e. The Morgan fingerprint density at radius 1 is 1.10 bits per heavy atom. The zero-order valence-electron chi connectivity index (χ0n) is 18.5. The summed E-state index contributed by atoms with van der Waals surface area (Å²) in [5.41, 5.74) is 5.43. The SMILES string of the molecule is Cc1ccc(N=c2scc(-c3cccc([N+](=O)[O-])c3)n2C2CCCC(C)C2C)cc1C. The molecule has 0 saturated heterocycles. The van der Waals surface area contributed by atoms with Gasteiger partial charge in [-0.15, -0.1) is 11.3 Å². The fraction of sp³-hybridized carbons (Fsp3) is 0.400. The van der Waals surface area contributed by atoms with E-state index in [1.807, 2.05) is 6.07 Å². The van der Waals surface area contributed by atoms with Gasteiger partial charge in [0.2, 0.25) is 0 Å². The zero-order valence-corrected chi connectivity index (χ0v) is 19.4. The maximum absolute atomic E-state index is 11.4. The van der Waals surface area contributed by atoms with Crippen LogP contribution in [-0.2, 0) is 0 Å². The number of hydrogen-bond donors (Lipinski definition) is 0. The number of nitrogens with zero attached hydrogens (tertiary/aromatic N) is 3. The maximum atomic E-state index is 11.4. The topological polar surface area (TPSA) is 60.4 Å². The number of aryl methyl sites for hydroxylation is 2. The number of nitro benzene ring substituents is 1. The molecule has 162 valence electrons. The second-order valence-electron chi connectivity index (χ2n) is 8.80. The minimum atomic E-state index is -0.327. The summed E-state index contributed by atoms with van der Waals surface area (Å²) in [7, 11) is 0. The Hall–Kier alpha value is -2.73. The van der Waals surface area contributed by atoms with Gasteiger partial charge in [0, 0.05) is 29.1 Å². The number of rotatable bonds is 4. The van der Waals surface area contributed by atoms with Gasteiger partial charge >= 0.3 is 0 Å². The Bertz CT molecular complexity index is 1180. The van der Waals surface area contributed by atoms with Gasteiger partial charge in [-0.2, -0.15) is 0 Å². The Kier molecular flexibility index (Phi) is 6.10. The van der Waals surface area contributed by atoms with E-state index in [0.29, 0.717) is 17.9 Å². The number of non-ortho nitro benzene ring substituents is 1. The van der Waals surface area contributed by atoms with Crippen LogP contribution >= 0.6 is 11.3 Å². The molecule has 3 aromatic rings. The minimum Gasteiger partial charge on any atom is -0.313 e. The van der Waals surface area contributed by atoms with Crippen LogP contribution in [0.5, 0.6) is 0 Å². The van der Waals surface area contributed by atoms with Crippen LogP contribution in [-0.4, -0.2) is 9.49 Å². The molecule has 0 N–H and O–H groups in total. The highest BCUT2D eigenvalue weighted by Gasteiger charge is 2.30. The van der Waals surface area contributed by atoms with Crippen molar-refractivity contribution in [2.45, 2.75) is 53.0 Å². The van der Waals surface area contributed by atoms with Gasteiger partial charge in [0.05, 0.1) is 16.3 Å². The molecule has 0 spiro atoms. The fourth-order valence-corrected chi connectivity index (χ4v) is 5.51. The summed E-state index contributed by atoms with van der Waals surface area (Å²) in [6.07, 6.45) is 3.54. The number of aromatic nitrogens is 1. The lowest BCUT2D eigenvalue weighted by atomic mass is 9.78. The zero-order chi connectivity index (χ0) is 22.1. The van der Waals surface area contributed by atoms with Crippen LogP contribution < -0.4 is 4.80 Å². The molecule has 1 heterocycles. The molecule has 6 heteroatoms. The smallest absolute Gasteiger partial charge is 0.270 e. The quantitative estimate of drug-likeness (QED) is 0.328. The van der Waals surface area contributed by atoms with Crippen LogP contribution in [0.2, 0.25) is 0 Å². The molecule has 2 aromatic carbocycles. The van der Waals surface area contributed by atoms with Crippen molar-refractivity contribution in [3.05, 3.63) is 73.9 Å². The molecule has 5 nitrogen and oxygen atoms in total. The Balaban J connectivity index is 1.90. The van der Waals surface area contributed by atoms with Crippen molar-refractivity contribution in [2.24, 2.45) is 16.8 Å². The van der Waals surface area contributed by atoms with E-state index in [4.69, 9.17) is 4.99 Å². The third kappa shape index (κ3) is 4.35. The molecule has 1 aliphatic carbocycles. The Morgan fingerprint density at radius 2 is 1.90 bits per heavy atom. The molecular weight excluding hydrogens is 406 g/mol. The summed E-state index contributed by atoms with van der Waals surface area (Å²) in [5.74, 6) is 1.15. The van der Waals surface area contributed by atoms with E-state index in [-0.39, 0.29) is 10.6 Å². The van der Waals surface area contributed by atoms with Crippen LogP contribution in [0.25, 0.3) is 11.3 Å². The normalized spacial score (nSPS) is 21.9. The van der Waals surface area contributed by atoms with E-state index < -0.39 is 0 Å². The summed E-state index contributed by atoms with van der Waals surface area (Å²) in [4.78, 5) is 17.0. The first-order valence-corrected chi connectivity index (χ1v) is 11.8. The van der Waals surface area contributed by atoms with Gasteiger partial charge in [-0.25, -0.2) is 4.99 Å². The molecule has 4 rings (SSSR count). The molecule has 1 aliphatic rings. The van der Waals surface area contributed by atoms with Crippen LogP contribution in [0, 0.1) is 35.8 Å². The first-order chi connectivity index (χ1) is 14.8. The molecule has 3 atom stereocenters. The molecule has 1 fully saturated rings. The summed E-state index contributed by atoms with van der Waals surface area (Å²) in [6, 6.07) is 13.6. The van der Waals surface area contributed by atoms with E-state index in [0.717, 1.165) is 28.2 Å². The summed E-state index contributed by atoms with van der Waals surface area (Å²) in [5, 5.41) is 13.5. The first-order valence-electron chi connectivity index (χ1n) is 10.9. The van der Waals surface area contributed by atoms with Gasteiger partial charge in [0.1, 0.15) is 0 Å². The van der Waals surface area contributed by atoms with Crippen molar-refractivity contribution in [3.8, 4) is 11.3 Å². The lowest BCUT2D eigenvalue weighted by molar-refractivity contribution is -0.384. The van der Waals surface area contributed by atoms with Crippen molar-refractivity contribution < 1.29 is 4.92 Å². The summed E-state index contributed by atoms with van der Waals surface area (Å²) >= 11 is 1.61. The molecule has 1 aromatic heterocycles. The van der Waals surface area contributed by atoms with Crippen LogP contribution in [0.3, 0.4) is 0 Å². The second-order valence-corrected chi connectivity index (χ2v) is 9.63. The lowest BCUT2D eigenvalue weighted by Crippen LogP contribution is -2.32. The van der Waals surface area contributed by atoms with Gasteiger partial charge in [-0.05, 0) is 55.4 Å². The third-order valence-corrected chi connectivity index (χ3v) is 7.64. The van der Waals surface area contributed by atoms with E-state index in [1.54, 1.807) is 29.5 Å². The average molecular weight is 436 g/mol. The van der Waals surface area contributed by atoms with Crippen LogP contribution in [0.4, 0.5) is 11.4 Å². The van der Waals surface area contributed by atoms with Crippen LogP contribution in [0.1, 0.15) is 50.3 Å². The minimum absolute atomic E-state index is 0.118.